The molecule has 2 aliphatic rings. The minimum Gasteiger partial charge on any atom is -0.360 e. The second kappa shape index (κ2) is 19.8. The van der Waals surface area contributed by atoms with Gasteiger partial charge in [0.2, 0.25) is 11.8 Å². The molecule has 0 atom stereocenters. The topological polar surface area (TPSA) is 175 Å². The van der Waals surface area contributed by atoms with Gasteiger partial charge in [-0.1, -0.05) is 91.0 Å². The second-order valence-corrected chi connectivity index (χ2v) is 16.1. The minimum absolute atomic E-state index is 0.0261. The van der Waals surface area contributed by atoms with Crippen LogP contribution < -0.4 is 10.2 Å². The molecule has 0 aliphatic carbocycles. The SMILES string of the molecule is CCC(=N)N(CCCc1c2ccccc2nc2ccccc12)CCC(=O)NCCn1nnc2c1-c1ccccc1CN(C(=O)CCCC(=O)CCN1C(=O)C=CC1=O)c1ccccc1-2. The van der Waals surface area contributed by atoms with Crippen molar-refractivity contribution in [2.24, 2.45) is 0 Å². The Bertz CT molecular complexity index is 2720. The molecule has 4 amide bonds. The number of rotatable bonds is 18. The Morgan fingerprint density at radius 1 is 0.750 bits per heavy atom. The molecule has 0 fully saturated rings. The fourth-order valence-corrected chi connectivity index (χ4v) is 8.65. The van der Waals surface area contributed by atoms with Crippen LogP contribution in [-0.4, -0.2) is 91.2 Å². The first kappa shape index (κ1) is 43.3. The average Bonchev–Trinajstić information content (AvgIpc) is 3.87. The molecule has 8 rings (SSSR count). The Labute approximate surface area is 371 Å². The van der Waals surface area contributed by atoms with Crippen LogP contribution in [0.15, 0.2) is 109 Å². The number of benzene rings is 4. The lowest BCUT2D eigenvalue weighted by atomic mass is 9.95. The normalized spacial score (nSPS) is 13.1. The van der Waals surface area contributed by atoms with Crippen molar-refractivity contribution in [1.29, 1.82) is 5.41 Å². The number of imide groups is 1. The van der Waals surface area contributed by atoms with Crippen LogP contribution in [0.25, 0.3) is 44.3 Å². The molecule has 14 nitrogen and oxygen atoms in total. The van der Waals surface area contributed by atoms with Crippen molar-refractivity contribution in [1.82, 2.24) is 35.1 Å². The van der Waals surface area contributed by atoms with Gasteiger partial charge < -0.3 is 15.1 Å². The van der Waals surface area contributed by atoms with E-state index in [1.807, 2.05) is 96.8 Å². The lowest BCUT2D eigenvalue weighted by Crippen LogP contribution is -2.36. The molecule has 0 radical (unpaired) electrons. The number of para-hydroxylation sites is 3. The van der Waals surface area contributed by atoms with Gasteiger partial charge in [0.05, 0.1) is 41.3 Å². The predicted molar refractivity (Wildman–Crippen MR) is 246 cm³/mol. The number of ketones is 1. The summed E-state index contributed by atoms with van der Waals surface area (Å²) >= 11 is 0. The molecule has 0 spiro atoms. The number of amidine groups is 1. The van der Waals surface area contributed by atoms with Gasteiger partial charge in [-0.2, -0.15) is 0 Å². The van der Waals surface area contributed by atoms with E-state index in [0.717, 1.165) is 61.9 Å². The summed E-state index contributed by atoms with van der Waals surface area (Å²) < 4.78 is 1.80. The van der Waals surface area contributed by atoms with Crippen LogP contribution in [0.4, 0.5) is 5.69 Å². The summed E-state index contributed by atoms with van der Waals surface area (Å²) in [4.78, 5) is 73.3. The first-order valence-electron chi connectivity index (χ1n) is 22.0. The van der Waals surface area contributed by atoms with Crippen molar-refractivity contribution in [3.63, 3.8) is 0 Å². The molecular weight excluding hydrogens is 807 g/mol. The van der Waals surface area contributed by atoms with Crippen molar-refractivity contribution in [2.45, 2.75) is 71.4 Å². The fraction of sp³-hybridized carbons (Fsp3) is 0.300. The first-order chi connectivity index (χ1) is 31.2. The van der Waals surface area contributed by atoms with Crippen molar-refractivity contribution in [2.75, 3.05) is 31.1 Å². The maximum absolute atomic E-state index is 13.9. The summed E-state index contributed by atoms with van der Waals surface area (Å²) in [6.07, 6.45) is 5.51. The molecule has 2 aliphatic heterocycles. The van der Waals surface area contributed by atoms with Crippen LogP contribution in [0, 0.1) is 5.41 Å². The van der Waals surface area contributed by atoms with Gasteiger partial charge in [0.25, 0.3) is 11.8 Å². The molecule has 6 aromatic rings. The third-order valence-corrected chi connectivity index (χ3v) is 12.0. The summed E-state index contributed by atoms with van der Waals surface area (Å²) in [7, 11) is 0. The molecule has 0 bridgehead atoms. The number of nitrogens with one attached hydrogen (secondary N) is 2. The van der Waals surface area contributed by atoms with Gasteiger partial charge in [-0.05, 0) is 48.6 Å². The number of Topliss-reactive ketones (excluding diaryl/α,β-unsaturated/α-hetero) is 1. The zero-order chi connectivity index (χ0) is 44.6. The fourth-order valence-electron chi connectivity index (χ4n) is 8.65. The number of aromatic nitrogens is 4. The summed E-state index contributed by atoms with van der Waals surface area (Å²) in [5.74, 6) is -0.713. The highest BCUT2D eigenvalue weighted by atomic mass is 16.2. The van der Waals surface area contributed by atoms with E-state index in [2.05, 4.69) is 27.8 Å². The number of hydrogen-bond acceptors (Lipinski definition) is 9. The van der Waals surface area contributed by atoms with Gasteiger partial charge in [-0.25, -0.2) is 9.67 Å². The predicted octanol–water partition coefficient (Wildman–Crippen LogP) is 7.04. The van der Waals surface area contributed by atoms with Crippen molar-refractivity contribution in [3.05, 3.63) is 120 Å². The van der Waals surface area contributed by atoms with E-state index >= 15 is 0 Å². The monoisotopic (exact) mass is 857 g/mol. The minimum atomic E-state index is -0.421. The Morgan fingerprint density at radius 3 is 2.16 bits per heavy atom. The first-order valence-corrected chi connectivity index (χ1v) is 22.0. The summed E-state index contributed by atoms with van der Waals surface area (Å²) in [6.45, 7) is 4.05. The zero-order valence-electron chi connectivity index (χ0n) is 36.0. The number of anilines is 1. The van der Waals surface area contributed by atoms with E-state index in [1.54, 1.807) is 9.58 Å². The molecule has 4 aromatic carbocycles. The Hall–Kier alpha value is -7.35. The summed E-state index contributed by atoms with van der Waals surface area (Å²) in [6, 6.07) is 31.9. The highest BCUT2D eigenvalue weighted by molar-refractivity contribution is 6.13. The van der Waals surface area contributed by atoms with Crippen molar-refractivity contribution < 1.29 is 24.0 Å². The molecule has 0 saturated heterocycles. The third kappa shape index (κ3) is 9.50. The Balaban J connectivity index is 0.888. The molecule has 4 heterocycles. The summed E-state index contributed by atoms with van der Waals surface area (Å²) in [5.41, 5.74) is 7.79. The van der Waals surface area contributed by atoms with Gasteiger partial charge in [-0.3, -0.25) is 34.3 Å². The number of nitrogens with zero attached hydrogens (tertiary/aromatic N) is 7. The number of fused-ring (bicyclic) bond motifs is 7. The second-order valence-electron chi connectivity index (χ2n) is 16.1. The van der Waals surface area contributed by atoms with Crippen molar-refractivity contribution in [3.8, 4) is 22.5 Å². The third-order valence-electron chi connectivity index (χ3n) is 12.0. The summed E-state index contributed by atoms with van der Waals surface area (Å²) in [5, 5.41) is 23.2. The van der Waals surface area contributed by atoms with Gasteiger partial charge in [0.1, 0.15) is 11.5 Å². The number of pyridine rings is 1. The van der Waals surface area contributed by atoms with Gasteiger partial charge in [0.15, 0.2) is 0 Å². The van der Waals surface area contributed by atoms with E-state index in [9.17, 15) is 24.0 Å². The number of carbonyl (C=O) groups is 5. The lowest BCUT2D eigenvalue weighted by Gasteiger charge is -2.28. The van der Waals surface area contributed by atoms with E-state index in [4.69, 9.17) is 10.4 Å². The van der Waals surface area contributed by atoms with Gasteiger partial charge in [0, 0.05) is 92.3 Å². The molecule has 0 unspecified atom stereocenters. The van der Waals surface area contributed by atoms with E-state index in [-0.39, 0.29) is 56.4 Å². The van der Waals surface area contributed by atoms with Crippen LogP contribution >= 0.6 is 0 Å². The van der Waals surface area contributed by atoms with Crippen molar-refractivity contribution >= 4 is 62.7 Å². The number of amides is 4. The smallest absolute Gasteiger partial charge is 0.253 e. The molecule has 326 valence electrons. The van der Waals surface area contributed by atoms with E-state index in [0.29, 0.717) is 56.2 Å². The van der Waals surface area contributed by atoms with E-state index in [1.165, 1.54) is 17.7 Å². The van der Waals surface area contributed by atoms with Crippen LogP contribution in [0.2, 0.25) is 0 Å². The Morgan fingerprint density at radius 2 is 1.42 bits per heavy atom. The van der Waals surface area contributed by atoms with Gasteiger partial charge >= 0.3 is 0 Å². The molecular formula is C50H51N9O5. The standard InChI is InChI=1S/C50H51N9O5/c1-2-44(51)56(29-12-19-37-38-16-5-8-20-41(38)53-42-21-9-6-17-39(37)42)30-27-45(61)52-28-32-59-50-36-15-4-3-13-34(36)33-58(43-22-10-7-18-40(43)49(50)54-55-59)46(62)23-11-14-35(60)26-31-57-47(63)24-25-48(57)64/h3-10,13,15-18,20-22,24-25,51H,2,11-12,14,19,23,26-33H2,1H3,(H,52,61). The van der Waals surface area contributed by atoms with Gasteiger partial charge in [-0.15, -0.1) is 5.10 Å². The average molecular weight is 858 g/mol. The number of carbonyl (C=O) groups excluding carboxylic acids is 5. The van der Waals surface area contributed by atoms with E-state index < -0.39 is 11.8 Å². The largest absolute Gasteiger partial charge is 0.360 e. The molecule has 14 heteroatoms. The highest BCUT2D eigenvalue weighted by Gasteiger charge is 2.29. The quantitative estimate of drug-likeness (QED) is 0.0398. The highest BCUT2D eigenvalue weighted by Crippen LogP contribution is 2.41. The molecule has 2 aromatic heterocycles. The Kier molecular flexibility index (Phi) is 13.4. The lowest BCUT2D eigenvalue weighted by molar-refractivity contribution is -0.137. The maximum atomic E-state index is 13.9. The van der Waals surface area contributed by atoms with Crippen LogP contribution in [0.1, 0.15) is 63.0 Å². The van der Waals surface area contributed by atoms with Crippen LogP contribution in [-0.2, 0) is 43.5 Å². The van der Waals surface area contributed by atoms with Crippen LogP contribution in [0.5, 0.6) is 0 Å². The maximum Gasteiger partial charge on any atom is 0.253 e. The number of aryl methyl sites for hydroxylation is 1. The molecule has 64 heavy (non-hydrogen) atoms. The number of hydrogen-bond donors (Lipinski definition) is 2. The zero-order valence-corrected chi connectivity index (χ0v) is 36.0. The van der Waals surface area contributed by atoms with Crippen LogP contribution in [0.3, 0.4) is 0 Å². The molecule has 2 N–H and O–H groups in total. The molecule has 0 saturated carbocycles.